The molecule has 2 heterocycles. The van der Waals surface area contributed by atoms with Crippen molar-refractivity contribution < 1.29 is 9.32 Å². The van der Waals surface area contributed by atoms with E-state index < -0.39 is 5.91 Å². The van der Waals surface area contributed by atoms with Crippen molar-refractivity contribution in [1.82, 2.24) is 14.5 Å². The number of carbonyl (C=O) groups excluding carboxylic acids is 1. The Balaban J connectivity index is 1.49. The first-order valence-corrected chi connectivity index (χ1v) is 12.2. The molecule has 2 aromatic heterocycles. The standard InChI is InChI=1S/C24H26Cl2N4O3/c1-13-20(24(32)30(29(13)2)16-6-4-3-5-7-16)27-23(31)21-19(14-8-9-14)22(33-28-21)17-11-10-15(25)12-18(17)26/h10-12,14,16H,3-9H2,1-2H3,(H,27,31). The lowest BCUT2D eigenvalue weighted by molar-refractivity contribution is 0.101. The summed E-state index contributed by atoms with van der Waals surface area (Å²) in [5.74, 6) is 0.210. The number of halogens is 2. The number of aromatic nitrogens is 3. The van der Waals surface area contributed by atoms with Gasteiger partial charge in [0.2, 0.25) is 0 Å². The summed E-state index contributed by atoms with van der Waals surface area (Å²) in [4.78, 5) is 26.6. The minimum absolute atomic E-state index is 0.160. The number of nitrogens with one attached hydrogen (secondary N) is 1. The van der Waals surface area contributed by atoms with Crippen molar-refractivity contribution >= 4 is 34.8 Å². The molecule has 33 heavy (non-hydrogen) atoms. The van der Waals surface area contributed by atoms with Gasteiger partial charge in [0.05, 0.1) is 16.8 Å². The number of rotatable bonds is 5. The number of hydrogen-bond donors (Lipinski definition) is 1. The molecule has 0 saturated heterocycles. The molecule has 9 heteroatoms. The van der Waals surface area contributed by atoms with Crippen LogP contribution in [-0.4, -0.2) is 20.4 Å². The van der Waals surface area contributed by atoms with Gasteiger partial charge in [-0.05, 0) is 56.7 Å². The fraction of sp³-hybridized carbons (Fsp3) is 0.458. The smallest absolute Gasteiger partial charge is 0.291 e. The predicted molar refractivity (Wildman–Crippen MR) is 128 cm³/mol. The van der Waals surface area contributed by atoms with Crippen LogP contribution in [0.25, 0.3) is 11.3 Å². The number of carbonyl (C=O) groups is 1. The number of anilines is 1. The highest BCUT2D eigenvalue weighted by Crippen LogP contribution is 2.47. The molecule has 3 aromatic rings. The SMILES string of the molecule is Cc1c(NC(=O)c2noc(-c3ccc(Cl)cc3Cl)c2C2CC2)c(=O)n(C2CCCCC2)n1C. The molecule has 1 amide bonds. The number of nitrogens with zero attached hydrogens (tertiary/aromatic N) is 3. The molecule has 2 fully saturated rings. The summed E-state index contributed by atoms with van der Waals surface area (Å²) in [5.41, 5.74) is 2.42. The number of amides is 1. The summed E-state index contributed by atoms with van der Waals surface area (Å²) in [6.45, 7) is 1.85. The molecule has 0 spiro atoms. The first kappa shape index (κ1) is 22.3. The summed E-state index contributed by atoms with van der Waals surface area (Å²) >= 11 is 12.4. The van der Waals surface area contributed by atoms with Gasteiger partial charge in [0.25, 0.3) is 11.5 Å². The molecular weight excluding hydrogens is 463 g/mol. The maximum atomic E-state index is 13.3. The first-order chi connectivity index (χ1) is 15.9. The normalized spacial score (nSPS) is 16.8. The van der Waals surface area contributed by atoms with Crippen molar-refractivity contribution in [2.75, 3.05) is 5.32 Å². The third-order valence-corrected chi connectivity index (χ3v) is 7.40. The maximum absolute atomic E-state index is 13.3. The van der Waals surface area contributed by atoms with Crippen molar-refractivity contribution in [2.24, 2.45) is 7.05 Å². The van der Waals surface area contributed by atoms with Gasteiger partial charge in [0.15, 0.2) is 11.5 Å². The largest absolute Gasteiger partial charge is 0.355 e. The van der Waals surface area contributed by atoms with Crippen LogP contribution in [-0.2, 0) is 7.05 Å². The van der Waals surface area contributed by atoms with E-state index in [1.165, 1.54) is 6.42 Å². The molecule has 0 aliphatic heterocycles. The highest BCUT2D eigenvalue weighted by molar-refractivity contribution is 6.36. The lowest BCUT2D eigenvalue weighted by atomic mass is 9.96. The molecule has 5 rings (SSSR count). The van der Waals surface area contributed by atoms with Crippen molar-refractivity contribution in [1.29, 1.82) is 0 Å². The minimum Gasteiger partial charge on any atom is -0.355 e. The second-order valence-electron chi connectivity index (χ2n) is 9.05. The summed E-state index contributed by atoms with van der Waals surface area (Å²) in [6, 6.07) is 5.29. The van der Waals surface area contributed by atoms with Crippen molar-refractivity contribution in [3.63, 3.8) is 0 Å². The molecule has 0 bridgehead atoms. The number of hydrogen-bond acceptors (Lipinski definition) is 4. The Hall–Kier alpha value is -2.51. The molecule has 2 aliphatic rings. The van der Waals surface area contributed by atoms with E-state index in [0.717, 1.165) is 49.8 Å². The van der Waals surface area contributed by atoms with Gasteiger partial charge in [-0.25, -0.2) is 4.68 Å². The van der Waals surface area contributed by atoms with Crippen LogP contribution in [0.5, 0.6) is 0 Å². The van der Waals surface area contributed by atoms with Crippen molar-refractivity contribution in [2.45, 2.75) is 63.8 Å². The zero-order valence-corrected chi connectivity index (χ0v) is 20.2. The van der Waals surface area contributed by atoms with Gasteiger partial charge in [0.1, 0.15) is 5.69 Å². The highest BCUT2D eigenvalue weighted by Gasteiger charge is 2.36. The van der Waals surface area contributed by atoms with Gasteiger partial charge in [-0.3, -0.25) is 14.3 Å². The summed E-state index contributed by atoms with van der Waals surface area (Å²) < 4.78 is 9.26. The third kappa shape index (κ3) is 4.02. The second kappa shape index (κ2) is 8.69. The highest BCUT2D eigenvalue weighted by atomic mass is 35.5. The van der Waals surface area contributed by atoms with E-state index >= 15 is 0 Å². The molecule has 2 aliphatic carbocycles. The Bertz CT molecular complexity index is 1280. The zero-order valence-electron chi connectivity index (χ0n) is 18.7. The van der Waals surface area contributed by atoms with Gasteiger partial charge < -0.3 is 9.84 Å². The fourth-order valence-electron chi connectivity index (χ4n) is 4.86. The van der Waals surface area contributed by atoms with Crippen molar-refractivity contribution in [3.05, 3.63) is 55.5 Å². The molecule has 0 atom stereocenters. The number of benzene rings is 1. The zero-order chi connectivity index (χ0) is 23.3. The molecule has 7 nitrogen and oxygen atoms in total. The molecule has 1 N–H and O–H groups in total. The molecule has 2 saturated carbocycles. The monoisotopic (exact) mass is 488 g/mol. The first-order valence-electron chi connectivity index (χ1n) is 11.4. The van der Waals surface area contributed by atoms with E-state index in [1.54, 1.807) is 22.9 Å². The quantitative estimate of drug-likeness (QED) is 0.470. The van der Waals surface area contributed by atoms with Crippen LogP contribution in [0.15, 0.2) is 27.5 Å². The van der Waals surface area contributed by atoms with Crippen LogP contribution in [0.2, 0.25) is 10.0 Å². The van der Waals surface area contributed by atoms with E-state index in [0.29, 0.717) is 27.1 Å². The van der Waals surface area contributed by atoms with Crippen LogP contribution >= 0.6 is 23.2 Å². The molecule has 174 valence electrons. The fourth-order valence-corrected chi connectivity index (χ4v) is 5.36. The Morgan fingerprint density at radius 1 is 1.15 bits per heavy atom. The van der Waals surface area contributed by atoms with Crippen LogP contribution in [0.1, 0.15) is 78.7 Å². The second-order valence-corrected chi connectivity index (χ2v) is 9.90. The lowest BCUT2D eigenvalue weighted by Crippen LogP contribution is -2.29. The van der Waals surface area contributed by atoms with Crippen LogP contribution in [0.3, 0.4) is 0 Å². The molecule has 0 radical (unpaired) electrons. The summed E-state index contributed by atoms with van der Waals surface area (Å²) in [7, 11) is 1.87. The van der Waals surface area contributed by atoms with E-state index in [2.05, 4.69) is 10.5 Å². The average molecular weight is 489 g/mol. The summed E-state index contributed by atoms with van der Waals surface area (Å²) in [6.07, 6.45) is 7.27. The van der Waals surface area contributed by atoms with Gasteiger partial charge in [-0.1, -0.05) is 47.6 Å². The van der Waals surface area contributed by atoms with E-state index in [-0.39, 0.29) is 23.2 Å². The Labute approximate surface area is 201 Å². The third-order valence-electron chi connectivity index (χ3n) is 6.86. The van der Waals surface area contributed by atoms with Crippen LogP contribution in [0.4, 0.5) is 5.69 Å². The average Bonchev–Trinajstić information content (AvgIpc) is 3.51. The van der Waals surface area contributed by atoms with E-state index in [9.17, 15) is 9.59 Å². The Morgan fingerprint density at radius 3 is 2.55 bits per heavy atom. The Kier molecular flexibility index (Phi) is 5.87. The topological polar surface area (TPSA) is 82.1 Å². The van der Waals surface area contributed by atoms with Gasteiger partial charge in [-0.2, -0.15) is 0 Å². The molecular formula is C24H26Cl2N4O3. The van der Waals surface area contributed by atoms with Crippen LogP contribution in [0, 0.1) is 6.92 Å². The van der Waals surface area contributed by atoms with Gasteiger partial charge in [-0.15, -0.1) is 0 Å². The Morgan fingerprint density at radius 2 is 1.88 bits per heavy atom. The molecule has 0 unspecified atom stereocenters. The minimum atomic E-state index is -0.446. The van der Waals surface area contributed by atoms with Gasteiger partial charge in [0, 0.05) is 23.2 Å². The summed E-state index contributed by atoms with van der Waals surface area (Å²) in [5, 5.41) is 7.88. The molecule has 1 aromatic carbocycles. The van der Waals surface area contributed by atoms with Crippen LogP contribution < -0.4 is 10.9 Å². The predicted octanol–water partition coefficient (Wildman–Crippen LogP) is 6.09. The van der Waals surface area contributed by atoms with Gasteiger partial charge >= 0.3 is 0 Å². The van der Waals surface area contributed by atoms with E-state index in [4.69, 9.17) is 27.7 Å². The van der Waals surface area contributed by atoms with Crippen molar-refractivity contribution in [3.8, 4) is 11.3 Å². The van der Waals surface area contributed by atoms with E-state index in [1.807, 2.05) is 18.7 Å². The maximum Gasteiger partial charge on any atom is 0.291 e. The lowest BCUT2D eigenvalue weighted by Gasteiger charge is -2.24.